The van der Waals surface area contributed by atoms with Crippen LogP contribution >= 0.6 is 15.9 Å². The fourth-order valence-electron chi connectivity index (χ4n) is 2.48. The summed E-state index contributed by atoms with van der Waals surface area (Å²) < 4.78 is 1.03. The number of nitrogens with one attached hydrogen (secondary N) is 2. The largest absolute Gasteiger partial charge is 0.394 e. The second-order valence-electron chi connectivity index (χ2n) is 6.09. The molecule has 0 aliphatic heterocycles. The van der Waals surface area contributed by atoms with Crippen LogP contribution in [0, 0.1) is 6.92 Å². The van der Waals surface area contributed by atoms with Crippen molar-refractivity contribution in [1.82, 2.24) is 9.97 Å². The summed E-state index contributed by atoms with van der Waals surface area (Å²) in [6, 6.07) is 17.7. The van der Waals surface area contributed by atoms with Crippen LogP contribution in [0.2, 0.25) is 0 Å². The molecule has 0 saturated carbocycles. The van der Waals surface area contributed by atoms with Crippen molar-refractivity contribution in [1.29, 1.82) is 0 Å². The van der Waals surface area contributed by atoms with Crippen LogP contribution in [-0.4, -0.2) is 27.7 Å². The first-order chi connectivity index (χ1) is 12.6. The van der Waals surface area contributed by atoms with Crippen molar-refractivity contribution in [2.75, 3.05) is 17.2 Å². The zero-order valence-corrected chi connectivity index (χ0v) is 16.3. The highest BCUT2D eigenvalue weighted by Crippen LogP contribution is 2.28. The Morgan fingerprint density at radius 3 is 2.58 bits per heavy atom. The number of aromatic nitrogens is 2. The smallest absolute Gasteiger partial charge is 0.225 e. The first-order valence-corrected chi connectivity index (χ1v) is 9.20. The van der Waals surface area contributed by atoms with Crippen LogP contribution in [0.1, 0.15) is 12.5 Å². The van der Waals surface area contributed by atoms with Gasteiger partial charge in [0.15, 0.2) is 0 Å². The standard InChI is InChI=1S/C20H21BrN4O/c1-13(12-26)22-20-24-18(15-7-4-3-5-8-15)11-19(25-20)23-17-10-6-9-16(21)14(17)2/h3-11,13,26H,12H2,1-2H3,(H2,22,23,24,25)/t13-/m0/s1. The highest BCUT2D eigenvalue weighted by Gasteiger charge is 2.10. The summed E-state index contributed by atoms with van der Waals surface area (Å²) in [6.45, 7) is 3.93. The van der Waals surface area contributed by atoms with Gasteiger partial charge in [-0.05, 0) is 31.5 Å². The number of anilines is 3. The SMILES string of the molecule is Cc1c(Br)cccc1Nc1cc(-c2ccccc2)nc(N[C@@H](C)CO)n1. The molecule has 0 aliphatic carbocycles. The Balaban J connectivity index is 2.00. The fourth-order valence-corrected chi connectivity index (χ4v) is 2.85. The molecule has 3 aromatic rings. The summed E-state index contributed by atoms with van der Waals surface area (Å²) in [5.74, 6) is 1.16. The van der Waals surface area contributed by atoms with Crippen molar-refractivity contribution in [2.45, 2.75) is 19.9 Å². The summed E-state index contributed by atoms with van der Waals surface area (Å²) in [4.78, 5) is 9.14. The Labute approximate surface area is 161 Å². The second kappa shape index (κ2) is 8.29. The van der Waals surface area contributed by atoms with E-state index < -0.39 is 0 Å². The van der Waals surface area contributed by atoms with Crippen LogP contribution in [0.25, 0.3) is 11.3 Å². The third-order valence-corrected chi connectivity index (χ3v) is 4.83. The van der Waals surface area contributed by atoms with Crippen LogP contribution in [0.5, 0.6) is 0 Å². The van der Waals surface area contributed by atoms with Gasteiger partial charge < -0.3 is 15.7 Å². The Hall–Kier alpha value is -2.44. The van der Waals surface area contributed by atoms with Crippen LogP contribution in [0.4, 0.5) is 17.5 Å². The lowest BCUT2D eigenvalue weighted by atomic mass is 10.1. The lowest BCUT2D eigenvalue weighted by molar-refractivity contribution is 0.281. The first-order valence-electron chi connectivity index (χ1n) is 8.41. The van der Waals surface area contributed by atoms with Gasteiger partial charge in [0.25, 0.3) is 0 Å². The van der Waals surface area contributed by atoms with E-state index >= 15 is 0 Å². The monoisotopic (exact) mass is 412 g/mol. The quantitative estimate of drug-likeness (QED) is 0.544. The second-order valence-corrected chi connectivity index (χ2v) is 6.95. The van der Waals surface area contributed by atoms with Crippen molar-refractivity contribution >= 4 is 33.4 Å². The Kier molecular flexibility index (Phi) is 5.85. The minimum absolute atomic E-state index is 0.00638. The van der Waals surface area contributed by atoms with Crippen molar-refractivity contribution in [3.8, 4) is 11.3 Å². The number of rotatable bonds is 6. The third-order valence-electron chi connectivity index (χ3n) is 3.98. The van der Waals surface area contributed by atoms with Gasteiger partial charge in [-0.25, -0.2) is 4.98 Å². The highest BCUT2D eigenvalue weighted by molar-refractivity contribution is 9.10. The number of aliphatic hydroxyl groups excluding tert-OH is 1. The van der Waals surface area contributed by atoms with E-state index in [1.807, 2.05) is 68.4 Å². The molecular formula is C20H21BrN4O. The van der Waals surface area contributed by atoms with Gasteiger partial charge in [-0.15, -0.1) is 0 Å². The molecule has 0 fully saturated rings. The third kappa shape index (κ3) is 4.39. The lowest BCUT2D eigenvalue weighted by Gasteiger charge is -2.15. The van der Waals surface area contributed by atoms with Crippen LogP contribution in [0.15, 0.2) is 59.1 Å². The van der Waals surface area contributed by atoms with Gasteiger partial charge >= 0.3 is 0 Å². The maximum absolute atomic E-state index is 9.31. The molecule has 2 aromatic carbocycles. The molecule has 1 heterocycles. The lowest BCUT2D eigenvalue weighted by Crippen LogP contribution is -2.21. The maximum atomic E-state index is 9.31. The van der Waals surface area contributed by atoms with E-state index in [4.69, 9.17) is 0 Å². The molecule has 5 nitrogen and oxygen atoms in total. The first kappa shape index (κ1) is 18.4. The molecule has 0 aliphatic rings. The number of aliphatic hydroxyl groups is 1. The zero-order valence-electron chi connectivity index (χ0n) is 14.7. The van der Waals surface area contributed by atoms with Gasteiger partial charge in [-0.2, -0.15) is 4.98 Å². The average molecular weight is 413 g/mol. The van der Waals surface area contributed by atoms with E-state index in [0.29, 0.717) is 11.8 Å². The van der Waals surface area contributed by atoms with Gasteiger partial charge in [0.2, 0.25) is 5.95 Å². The molecule has 0 spiro atoms. The minimum atomic E-state index is -0.138. The topological polar surface area (TPSA) is 70.1 Å². The van der Waals surface area contributed by atoms with Crippen molar-refractivity contribution in [3.63, 3.8) is 0 Å². The summed E-state index contributed by atoms with van der Waals surface area (Å²) in [5, 5.41) is 15.8. The average Bonchev–Trinajstić information content (AvgIpc) is 2.66. The van der Waals surface area contributed by atoms with E-state index in [2.05, 4.69) is 36.5 Å². The molecule has 0 bridgehead atoms. The van der Waals surface area contributed by atoms with Gasteiger partial charge in [-0.3, -0.25) is 0 Å². The predicted octanol–water partition coefficient (Wildman–Crippen LogP) is 4.75. The van der Waals surface area contributed by atoms with Crippen molar-refractivity contribution in [3.05, 3.63) is 64.6 Å². The number of hydrogen-bond acceptors (Lipinski definition) is 5. The normalized spacial score (nSPS) is 11.8. The van der Waals surface area contributed by atoms with Crippen LogP contribution in [0.3, 0.4) is 0 Å². The van der Waals surface area contributed by atoms with Gasteiger partial charge in [0, 0.05) is 27.8 Å². The molecule has 26 heavy (non-hydrogen) atoms. The fraction of sp³-hybridized carbons (Fsp3) is 0.200. The molecule has 3 rings (SSSR count). The number of hydrogen-bond donors (Lipinski definition) is 3. The molecule has 6 heteroatoms. The van der Waals surface area contributed by atoms with Gasteiger partial charge in [0.05, 0.1) is 12.3 Å². The maximum Gasteiger partial charge on any atom is 0.225 e. The molecule has 134 valence electrons. The van der Waals surface area contributed by atoms with Crippen molar-refractivity contribution < 1.29 is 5.11 Å². The van der Waals surface area contributed by atoms with Gasteiger partial charge in [0.1, 0.15) is 5.82 Å². The van der Waals surface area contributed by atoms with Crippen molar-refractivity contribution in [2.24, 2.45) is 0 Å². The molecular weight excluding hydrogens is 392 g/mol. The van der Waals surface area contributed by atoms with E-state index in [-0.39, 0.29) is 12.6 Å². The molecule has 0 saturated heterocycles. The van der Waals surface area contributed by atoms with E-state index in [9.17, 15) is 5.11 Å². The Morgan fingerprint density at radius 1 is 1.08 bits per heavy atom. The summed E-state index contributed by atoms with van der Waals surface area (Å²) in [5.41, 5.74) is 3.89. The number of halogens is 1. The Morgan fingerprint density at radius 2 is 1.85 bits per heavy atom. The summed E-state index contributed by atoms with van der Waals surface area (Å²) >= 11 is 3.55. The number of nitrogens with zero attached hydrogens (tertiary/aromatic N) is 2. The van der Waals surface area contributed by atoms with Crippen LogP contribution in [-0.2, 0) is 0 Å². The predicted molar refractivity (Wildman–Crippen MR) is 110 cm³/mol. The van der Waals surface area contributed by atoms with E-state index in [0.717, 1.165) is 27.0 Å². The molecule has 0 unspecified atom stereocenters. The molecule has 0 radical (unpaired) electrons. The highest BCUT2D eigenvalue weighted by atomic mass is 79.9. The zero-order chi connectivity index (χ0) is 18.5. The van der Waals surface area contributed by atoms with Gasteiger partial charge in [-0.1, -0.05) is 52.3 Å². The Bertz CT molecular complexity index is 886. The summed E-state index contributed by atoms with van der Waals surface area (Å²) in [6.07, 6.45) is 0. The molecule has 0 amide bonds. The molecule has 1 atom stereocenters. The molecule has 1 aromatic heterocycles. The van der Waals surface area contributed by atoms with E-state index in [1.54, 1.807) is 0 Å². The summed E-state index contributed by atoms with van der Waals surface area (Å²) in [7, 11) is 0. The van der Waals surface area contributed by atoms with Crippen LogP contribution < -0.4 is 10.6 Å². The number of benzene rings is 2. The minimum Gasteiger partial charge on any atom is -0.394 e. The van der Waals surface area contributed by atoms with E-state index in [1.165, 1.54) is 0 Å². The molecule has 3 N–H and O–H groups in total.